The molecular formula is C24H20N6OS. The standard InChI is InChI=1S/C24H20N6OS/c25-23-22-21(26-13-27-23)16(12-32-22)24(31)28-17-7-4-8-18-19(17)20(15-9-10-15)29-30(18)11-14-5-2-1-3-6-14/h1-8,12-13,15H,9-11H2,(H,28,31)(H2,25,26,27). The van der Waals surface area contributed by atoms with E-state index in [2.05, 4.69) is 33.5 Å². The van der Waals surface area contributed by atoms with Gasteiger partial charge < -0.3 is 11.1 Å². The number of nitrogens with one attached hydrogen (secondary N) is 1. The first kappa shape index (κ1) is 18.9. The summed E-state index contributed by atoms with van der Waals surface area (Å²) in [7, 11) is 0. The molecule has 0 aliphatic heterocycles. The Kier molecular flexibility index (Phi) is 4.39. The molecule has 1 aliphatic carbocycles. The molecule has 6 rings (SSSR count). The molecule has 1 amide bonds. The van der Waals surface area contributed by atoms with Crippen LogP contribution in [0.2, 0.25) is 0 Å². The van der Waals surface area contributed by atoms with Crippen molar-refractivity contribution in [2.75, 3.05) is 11.1 Å². The third-order valence-corrected chi connectivity index (χ3v) is 6.81. The monoisotopic (exact) mass is 440 g/mol. The summed E-state index contributed by atoms with van der Waals surface area (Å²) < 4.78 is 2.77. The molecule has 1 saturated carbocycles. The van der Waals surface area contributed by atoms with E-state index in [0.29, 0.717) is 29.4 Å². The summed E-state index contributed by atoms with van der Waals surface area (Å²) in [5.74, 6) is 0.626. The number of nitrogens with two attached hydrogens (primary N) is 1. The van der Waals surface area contributed by atoms with E-state index in [1.54, 1.807) is 5.38 Å². The molecule has 1 fully saturated rings. The molecule has 7 nitrogen and oxygen atoms in total. The number of benzene rings is 2. The Balaban J connectivity index is 1.41. The Morgan fingerprint density at radius 3 is 2.78 bits per heavy atom. The van der Waals surface area contributed by atoms with Gasteiger partial charge in [-0.05, 0) is 30.5 Å². The Labute approximate surface area is 187 Å². The second-order valence-corrected chi connectivity index (χ2v) is 8.92. The third kappa shape index (κ3) is 3.20. The molecule has 5 aromatic rings. The molecule has 158 valence electrons. The van der Waals surface area contributed by atoms with Crippen LogP contribution < -0.4 is 11.1 Å². The molecule has 8 heteroatoms. The molecular weight excluding hydrogens is 420 g/mol. The maximum atomic E-state index is 13.2. The van der Waals surface area contributed by atoms with Crippen molar-refractivity contribution in [3.05, 3.63) is 77.1 Å². The minimum atomic E-state index is -0.209. The predicted octanol–water partition coefficient (Wildman–Crippen LogP) is 4.80. The highest BCUT2D eigenvalue weighted by Crippen LogP contribution is 2.44. The van der Waals surface area contributed by atoms with Crippen molar-refractivity contribution in [2.45, 2.75) is 25.3 Å². The predicted molar refractivity (Wildman–Crippen MR) is 127 cm³/mol. The van der Waals surface area contributed by atoms with Crippen LogP contribution >= 0.6 is 11.3 Å². The number of hydrogen-bond acceptors (Lipinski definition) is 6. The van der Waals surface area contributed by atoms with Crippen molar-refractivity contribution in [2.24, 2.45) is 0 Å². The highest BCUT2D eigenvalue weighted by Gasteiger charge is 2.30. The molecule has 32 heavy (non-hydrogen) atoms. The van der Waals surface area contributed by atoms with Crippen LogP contribution in [0.25, 0.3) is 21.1 Å². The smallest absolute Gasteiger partial charge is 0.258 e. The van der Waals surface area contributed by atoms with E-state index in [9.17, 15) is 4.79 Å². The lowest BCUT2D eigenvalue weighted by Crippen LogP contribution is -2.12. The van der Waals surface area contributed by atoms with E-state index in [-0.39, 0.29) is 5.91 Å². The summed E-state index contributed by atoms with van der Waals surface area (Å²) in [5, 5.41) is 10.9. The zero-order chi connectivity index (χ0) is 21.7. The van der Waals surface area contributed by atoms with Gasteiger partial charge in [-0.15, -0.1) is 11.3 Å². The van der Waals surface area contributed by atoms with Gasteiger partial charge in [0.1, 0.15) is 12.1 Å². The van der Waals surface area contributed by atoms with Gasteiger partial charge in [0.15, 0.2) is 0 Å². The third-order valence-electron chi connectivity index (χ3n) is 5.82. The number of hydrogen-bond donors (Lipinski definition) is 2. The van der Waals surface area contributed by atoms with E-state index in [4.69, 9.17) is 10.8 Å². The zero-order valence-electron chi connectivity index (χ0n) is 17.2. The highest BCUT2D eigenvalue weighted by molar-refractivity contribution is 7.18. The lowest BCUT2D eigenvalue weighted by Gasteiger charge is -2.08. The summed E-state index contributed by atoms with van der Waals surface area (Å²) in [5.41, 5.74) is 11.1. The van der Waals surface area contributed by atoms with Gasteiger partial charge in [-0.2, -0.15) is 5.10 Å². The topological polar surface area (TPSA) is 98.7 Å². The summed E-state index contributed by atoms with van der Waals surface area (Å²) in [6, 6.07) is 16.3. The Hall–Kier alpha value is -3.78. The number of carbonyl (C=O) groups excluding carboxylic acids is 1. The van der Waals surface area contributed by atoms with Crippen molar-refractivity contribution in [1.82, 2.24) is 19.7 Å². The number of fused-ring (bicyclic) bond motifs is 2. The van der Waals surface area contributed by atoms with Crippen LogP contribution in [-0.2, 0) is 6.54 Å². The van der Waals surface area contributed by atoms with Crippen molar-refractivity contribution in [3.63, 3.8) is 0 Å². The molecule has 0 atom stereocenters. The fourth-order valence-corrected chi connectivity index (χ4v) is 5.00. The highest BCUT2D eigenvalue weighted by atomic mass is 32.1. The van der Waals surface area contributed by atoms with Crippen LogP contribution in [0, 0.1) is 0 Å². The normalized spacial score (nSPS) is 13.6. The van der Waals surface area contributed by atoms with Gasteiger partial charge in [0, 0.05) is 16.7 Å². The van der Waals surface area contributed by atoms with Crippen molar-refractivity contribution < 1.29 is 4.79 Å². The quantitative estimate of drug-likeness (QED) is 0.409. The van der Waals surface area contributed by atoms with Crippen LogP contribution in [0.4, 0.5) is 11.5 Å². The van der Waals surface area contributed by atoms with Crippen molar-refractivity contribution in [3.8, 4) is 0 Å². The van der Waals surface area contributed by atoms with Gasteiger partial charge in [-0.25, -0.2) is 9.97 Å². The minimum absolute atomic E-state index is 0.209. The second-order valence-electron chi connectivity index (χ2n) is 8.04. The van der Waals surface area contributed by atoms with E-state index in [1.807, 2.05) is 35.0 Å². The summed E-state index contributed by atoms with van der Waals surface area (Å²) in [6.45, 7) is 0.687. The fourth-order valence-electron chi connectivity index (χ4n) is 4.10. The molecule has 3 heterocycles. The lowest BCUT2D eigenvalue weighted by molar-refractivity contribution is 0.102. The first-order valence-electron chi connectivity index (χ1n) is 10.5. The second kappa shape index (κ2) is 7.42. The van der Waals surface area contributed by atoms with E-state index >= 15 is 0 Å². The largest absolute Gasteiger partial charge is 0.382 e. The molecule has 3 aromatic heterocycles. The molecule has 0 spiro atoms. The summed E-state index contributed by atoms with van der Waals surface area (Å²) in [4.78, 5) is 21.5. The average molecular weight is 441 g/mol. The van der Waals surface area contributed by atoms with Crippen molar-refractivity contribution >= 4 is 49.9 Å². The number of thiophene rings is 1. The number of nitrogen functional groups attached to an aromatic ring is 1. The number of anilines is 2. The van der Waals surface area contributed by atoms with Crippen LogP contribution in [0.3, 0.4) is 0 Å². The van der Waals surface area contributed by atoms with E-state index < -0.39 is 0 Å². The van der Waals surface area contributed by atoms with Gasteiger partial charge in [0.2, 0.25) is 0 Å². The van der Waals surface area contributed by atoms with Crippen LogP contribution in [0.5, 0.6) is 0 Å². The number of rotatable bonds is 5. The van der Waals surface area contributed by atoms with Gasteiger partial charge in [0.25, 0.3) is 5.91 Å². The first-order chi connectivity index (χ1) is 15.7. The van der Waals surface area contributed by atoms with Crippen LogP contribution in [-0.4, -0.2) is 25.7 Å². The van der Waals surface area contributed by atoms with Gasteiger partial charge in [-0.3, -0.25) is 9.48 Å². The molecule has 3 N–H and O–H groups in total. The molecule has 0 radical (unpaired) electrons. The molecule has 2 aromatic carbocycles. The zero-order valence-corrected chi connectivity index (χ0v) is 18.0. The first-order valence-corrected chi connectivity index (χ1v) is 11.4. The molecule has 1 aliphatic rings. The van der Waals surface area contributed by atoms with Gasteiger partial charge in [-0.1, -0.05) is 36.4 Å². The minimum Gasteiger partial charge on any atom is -0.382 e. The van der Waals surface area contributed by atoms with Crippen molar-refractivity contribution in [1.29, 1.82) is 0 Å². The maximum Gasteiger partial charge on any atom is 0.258 e. The summed E-state index contributed by atoms with van der Waals surface area (Å²) in [6.07, 6.45) is 3.65. The van der Waals surface area contributed by atoms with Gasteiger partial charge >= 0.3 is 0 Å². The number of carbonyl (C=O) groups is 1. The van der Waals surface area contributed by atoms with E-state index in [1.165, 1.54) is 23.2 Å². The SMILES string of the molecule is Nc1ncnc2c(C(=O)Nc3cccc4c3c(C3CC3)nn4Cc3ccccc3)csc12. The number of aromatic nitrogens is 4. The Bertz CT molecular complexity index is 1470. The molecule has 0 bridgehead atoms. The molecule has 0 unspecified atom stereocenters. The number of nitrogens with zero attached hydrogens (tertiary/aromatic N) is 4. The van der Waals surface area contributed by atoms with Crippen LogP contribution in [0.15, 0.2) is 60.2 Å². The lowest BCUT2D eigenvalue weighted by atomic mass is 10.1. The Morgan fingerprint density at radius 2 is 1.97 bits per heavy atom. The Morgan fingerprint density at radius 1 is 1.12 bits per heavy atom. The maximum absolute atomic E-state index is 13.2. The van der Waals surface area contributed by atoms with Gasteiger partial charge in [0.05, 0.1) is 39.2 Å². The molecule has 0 saturated heterocycles. The van der Waals surface area contributed by atoms with E-state index in [0.717, 1.165) is 39.8 Å². The number of amides is 1. The fraction of sp³-hybridized carbons (Fsp3) is 0.167. The summed E-state index contributed by atoms with van der Waals surface area (Å²) >= 11 is 1.38. The van der Waals surface area contributed by atoms with Crippen LogP contribution in [0.1, 0.15) is 40.4 Å². The average Bonchev–Trinajstić information content (AvgIpc) is 3.45.